The summed E-state index contributed by atoms with van der Waals surface area (Å²) in [6.45, 7) is 3.64. The molecule has 1 N–H and O–H groups in total. The number of pyridine rings is 1. The molecule has 0 saturated carbocycles. The number of benzene rings is 1. The Bertz CT molecular complexity index is 692. The Morgan fingerprint density at radius 3 is 2.36 bits per heavy atom. The number of hydrogen-bond acceptors (Lipinski definition) is 4. The lowest BCUT2D eigenvalue weighted by molar-refractivity contribution is -0.684. The maximum atomic E-state index is 12.2. The third-order valence-electron chi connectivity index (χ3n) is 4.24. The monoisotopic (exact) mass is 341 g/mol. The predicted molar refractivity (Wildman–Crippen MR) is 99.1 cm³/mol. The maximum Gasteiger partial charge on any atom is 0.290 e. The fraction of sp³-hybridized carbons (Fsp3) is 0.368. The molecule has 1 aromatic heterocycles. The molecule has 2 heterocycles. The summed E-state index contributed by atoms with van der Waals surface area (Å²) in [7, 11) is 3.99. The second-order valence-electron chi connectivity index (χ2n) is 6.32. The molecule has 1 fully saturated rings. The number of rotatable bonds is 5. The quantitative estimate of drug-likeness (QED) is 0.838. The molecule has 0 aliphatic carbocycles. The SMILES string of the molecule is CN(C)c1cc[n+](CC(=O)Nc2ccc(N3CCOCC3)cc2)cc1. The Morgan fingerprint density at radius 2 is 1.76 bits per heavy atom. The van der Waals surface area contributed by atoms with Gasteiger partial charge in [-0.3, -0.25) is 4.79 Å². The summed E-state index contributed by atoms with van der Waals surface area (Å²) in [5.74, 6) is -0.0401. The van der Waals surface area contributed by atoms with Crippen molar-refractivity contribution in [3.05, 3.63) is 48.8 Å². The highest BCUT2D eigenvalue weighted by Gasteiger charge is 2.12. The van der Waals surface area contributed by atoms with Gasteiger partial charge in [-0.15, -0.1) is 0 Å². The highest BCUT2D eigenvalue weighted by molar-refractivity contribution is 5.89. The molecule has 1 aliphatic rings. The van der Waals surface area contributed by atoms with Crippen molar-refractivity contribution in [1.82, 2.24) is 0 Å². The lowest BCUT2D eigenvalue weighted by atomic mass is 10.2. The number of hydrogen-bond donors (Lipinski definition) is 1. The van der Waals surface area contributed by atoms with Crippen LogP contribution >= 0.6 is 0 Å². The van der Waals surface area contributed by atoms with E-state index >= 15 is 0 Å². The van der Waals surface area contributed by atoms with Crippen molar-refractivity contribution in [2.75, 3.05) is 55.5 Å². The fourth-order valence-corrected chi connectivity index (χ4v) is 2.80. The number of nitrogens with zero attached hydrogens (tertiary/aromatic N) is 3. The van der Waals surface area contributed by atoms with Crippen LogP contribution in [0.2, 0.25) is 0 Å². The van der Waals surface area contributed by atoms with E-state index in [2.05, 4.69) is 10.2 Å². The number of morpholine rings is 1. The van der Waals surface area contributed by atoms with Gasteiger partial charge in [-0.05, 0) is 24.3 Å². The normalized spacial score (nSPS) is 14.2. The van der Waals surface area contributed by atoms with Crippen molar-refractivity contribution in [3.63, 3.8) is 0 Å². The van der Waals surface area contributed by atoms with Crippen LogP contribution in [0.15, 0.2) is 48.8 Å². The number of amides is 1. The molecule has 0 atom stereocenters. The van der Waals surface area contributed by atoms with E-state index in [0.29, 0.717) is 6.54 Å². The number of carbonyl (C=O) groups is 1. The number of ether oxygens (including phenoxy) is 1. The first-order valence-electron chi connectivity index (χ1n) is 8.51. The van der Waals surface area contributed by atoms with E-state index in [-0.39, 0.29) is 5.91 Å². The number of carbonyl (C=O) groups excluding carboxylic acids is 1. The first-order chi connectivity index (χ1) is 12.1. The maximum absolute atomic E-state index is 12.2. The van der Waals surface area contributed by atoms with Crippen LogP contribution < -0.4 is 19.7 Å². The first kappa shape index (κ1) is 17.2. The Kier molecular flexibility index (Phi) is 5.50. The fourth-order valence-electron chi connectivity index (χ4n) is 2.80. The number of aromatic nitrogens is 1. The lowest BCUT2D eigenvalue weighted by Gasteiger charge is -2.28. The van der Waals surface area contributed by atoms with Crippen LogP contribution in [0, 0.1) is 0 Å². The topological polar surface area (TPSA) is 48.7 Å². The summed E-state index contributed by atoms with van der Waals surface area (Å²) < 4.78 is 7.24. The Labute approximate surface area is 148 Å². The van der Waals surface area contributed by atoms with Crippen molar-refractivity contribution in [2.24, 2.45) is 0 Å². The van der Waals surface area contributed by atoms with Crippen LogP contribution in [0.3, 0.4) is 0 Å². The molecule has 6 heteroatoms. The molecule has 0 radical (unpaired) electrons. The van der Waals surface area contributed by atoms with Crippen LogP contribution in [0.1, 0.15) is 0 Å². The van der Waals surface area contributed by atoms with Gasteiger partial charge in [-0.25, -0.2) is 0 Å². The van der Waals surface area contributed by atoms with E-state index in [1.165, 1.54) is 0 Å². The largest absolute Gasteiger partial charge is 0.378 e. The third-order valence-corrected chi connectivity index (χ3v) is 4.24. The minimum atomic E-state index is -0.0401. The standard InChI is InChI=1S/C19H24N4O2/c1-21(2)17-7-9-22(10-8-17)15-19(24)20-16-3-5-18(6-4-16)23-11-13-25-14-12-23/h3-10H,11-15H2,1-2H3/p+1. The zero-order valence-corrected chi connectivity index (χ0v) is 14.8. The Balaban J connectivity index is 1.55. The van der Waals surface area contributed by atoms with Gasteiger partial charge in [0.2, 0.25) is 6.54 Å². The van der Waals surface area contributed by atoms with Crippen LogP contribution in [-0.2, 0) is 16.1 Å². The summed E-state index contributed by atoms with van der Waals surface area (Å²) in [6, 6.07) is 12.0. The first-order valence-corrected chi connectivity index (χ1v) is 8.51. The van der Waals surface area contributed by atoms with Gasteiger partial charge in [0.1, 0.15) is 0 Å². The summed E-state index contributed by atoms with van der Waals surface area (Å²) in [5, 5.41) is 2.94. The van der Waals surface area contributed by atoms with E-state index in [1.54, 1.807) is 0 Å². The van der Waals surface area contributed by atoms with Gasteiger partial charge in [-0.2, -0.15) is 4.57 Å². The molecule has 1 aliphatic heterocycles. The van der Waals surface area contributed by atoms with Crippen molar-refractivity contribution < 1.29 is 14.1 Å². The summed E-state index contributed by atoms with van der Waals surface area (Å²) >= 11 is 0. The van der Waals surface area contributed by atoms with Crippen LogP contribution in [0.4, 0.5) is 17.1 Å². The molecule has 132 valence electrons. The zero-order valence-electron chi connectivity index (χ0n) is 14.8. The summed E-state index contributed by atoms with van der Waals surface area (Å²) in [6.07, 6.45) is 3.83. The molecule has 0 unspecified atom stereocenters. The van der Waals surface area contributed by atoms with Crippen LogP contribution in [0.5, 0.6) is 0 Å². The number of nitrogens with one attached hydrogen (secondary N) is 1. The van der Waals surface area contributed by atoms with E-state index in [0.717, 1.165) is 43.4 Å². The third kappa shape index (κ3) is 4.70. The van der Waals surface area contributed by atoms with E-state index in [9.17, 15) is 4.79 Å². The molecule has 1 saturated heterocycles. The second kappa shape index (κ2) is 7.98. The van der Waals surface area contributed by atoms with Gasteiger partial charge in [0, 0.05) is 56.4 Å². The van der Waals surface area contributed by atoms with E-state index in [4.69, 9.17) is 4.74 Å². The van der Waals surface area contributed by atoms with Gasteiger partial charge < -0.3 is 19.9 Å². The molecule has 1 aromatic carbocycles. The zero-order chi connectivity index (χ0) is 17.6. The molecule has 3 rings (SSSR count). The predicted octanol–water partition coefficient (Wildman–Crippen LogP) is 1.52. The summed E-state index contributed by atoms with van der Waals surface area (Å²) in [4.78, 5) is 16.5. The number of anilines is 3. The molecular weight excluding hydrogens is 316 g/mol. The summed E-state index contributed by atoms with van der Waals surface area (Å²) in [5.41, 5.74) is 3.08. The van der Waals surface area contributed by atoms with Crippen LogP contribution in [-0.4, -0.2) is 46.3 Å². The van der Waals surface area contributed by atoms with Crippen molar-refractivity contribution >= 4 is 23.0 Å². The van der Waals surface area contributed by atoms with Gasteiger partial charge in [0.05, 0.1) is 13.2 Å². The average Bonchev–Trinajstić information content (AvgIpc) is 2.63. The van der Waals surface area contributed by atoms with Crippen molar-refractivity contribution in [2.45, 2.75) is 6.54 Å². The second-order valence-corrected chi connectivity index (χ2v) is 6.32. The minimum absolute atomic E-state index is 0.0401. The Hall–Kier alpha value is -2.60. The molecule has 1 amide bonds. The average molecular weight is 341 g/mol. The molecule has 25 heavy (non-hydrogen) atoms. The van der Waals surface area contributed by atoms with Gasteiger partial charge in [0.15, 0.2) is 12.4 Å². The van der Waals surface area contributed by atoms with Gasteiger partial charge in [-0.1, -0.05) is 0 Å². The van der Waals surface area contributed by atoms with Gasteiger partial charge in [0.25, 0.3) is 5.91 Å². The lowest BCUT2D eigenvalue weighted by Crippen LogP contribution is -2.39. The smallest absolute Gasteiger partial charge is 0.290 e. The van der Waals surface area contributed by atoms with Crippen LogP contribution in [0.25, 0.3) is 0 Å². The highest BCUT2D eigenvalue weighted by Crippen LogP contribution is 2.19. The van der Waals surface area contributed by atoms with Crippen molar-refractivity contribution in [1.29, 1.82) is 0 Å². The Morgan fingerprint density at radius 1 is 1.12 bits per heavy atom. The highest BCUT2D eigenvalue weighted by atomic mass is 16.5. The molecule has 0 spiro atoms. The van der Waals surface area contributed by atoms with E-state index in [1.807, 2.05) is 72.4 Å². The molecule has 2 aromatic rings. The minimum Gasteiger partial charge on any atom is -0.378 e. The molecule has 6 nitrogen and oxygen atoms in total. The van der Waals surface area contributed by atoms with Crippen molar-refractivity contribution in [3.8, 4) is 0 Å². The molecule has 0 bridgehead atoms. The van der Waals surface area contributed by atoms with E-state index < -0.39 is 0 Å². The molecular formula is C19H25N4O2+. The van der Waals surface area contributed by atoms with Gasteiger partial charge >= 0.3 is 0 Å².